The monoisotopic (exact) mass is 263 g/mol. The van der Waals surface area contributed by atoms with Gasteiger partial charge in [0.25, 0.3) is 0 Å². The van der Waals surface area contributed by atoms with Crippen molar-refractivity contribution in [1.29, 1.82) is 0 Å². The maximum atomic E-state index is 4.50. The molecule has 1 N–H and O–H groups in total. The molecule has 0 aliphatic carbocycles. The number of benzene rings is 1. The van der Waals surface area contributed by atoms with Gasteiger partial charge in [-0.1, -0.05) is 17.2 Å². The predicted octanol–water partition coefficient (Wildman–Crippen LogP) is 4.06. The molecule has 20 heavy (non-hydrogen) atoms. The summed E-state index contributed by atoms with van der Waals surface area (Å²) in [6.07, 6.45) is 3.63. The van der Waals surface area contributed by atoms with Crippen molar-refractivity contribution in [3.05, 3.63) is 59.5 Å². The van der Waals surface area contributed by atoms with E-state index in [1.807, 2.05) is 24.5 Å². The number of rotatable bonds is 2. The van der Waals surface area contributed by atoms with Gasteiger partial charge in [0.15, 0.2) is 0 Å². The lowest BCUT2D eigenvalue weighted by atomic mass is 9.98. The van der Waals surface area contributed by atoms with Gasteiger partial charge >= 0.3 is 0 Å². The van der Waals surface area contributed by atoms with Gasteiger partial charge in [-0.05, 0) is 50.6 Å². The van der Waals surface area contributed by atoms with Gasteiger partial charge in [-0.2, -0.15) is 5.10 Å². The molecule has 0 aliphatic heterocycles. The van der Waals surface area contributed by atoms with Crippen molar-refractivity contribution < 1.29 is 0 Å². The molecule has 2 heterocycles. The quantitative estimate of drug-likeness (QED) is 0.757. The van der Waals surface area contributed by atoms with Crippen molar-refractivity contribution in [3.8, 4) is 22.4 Å². The SMILES string of the molecule is Cc1cc(C)cc(-c2n[nH]c(C)c2-c2ccncc2)c1. The molecule has 0 bridgehead atoms. The summed E-state index contributed by atoms with van der Waals surface area (Å²) < 4.78 is 0. The predicted molar refractivity (Wildman–Crippen MR) is 81.5 cm³/mol. The molecule has 3 heteroatoms. The molecule has 0 aliphatic rings. The van der Waals surface area contributed by atoms with E-state index in [1.165, 1.54) is 11.1 Å². The fourth-order valence-electron chi connectivity index (χ4n) is 2.62. The highest BCUT2D eigenvalue weighted by molar-refractivity contribution is 5.82. The Bertz CT molecular complexity index is 722. The van der Waals surface area contributed by atoms with Crippen LogP contribution in [0.4, 0.5) is 0 Å². The molecule has 0 unspecified atom stereocenters. The molecular weight excluding hydrogens is 246 g/mol. The van der Waals surface area contributed by atoms with E-state index in [2.05, 4.69) is 54.2 Å². The summed E-state index contributed by atoms with van der Waals surface area (Å²) in [4.78, 5) is 4.08. The number of pyridine rings is 1. The van der Waals surface area contributed by atoms with Crippen molar-refractivity contribution in [3.63, 3.8) is 0 Å². The number of aromatic nitrogens is 3. The molecular formula is C17H17N3. The average molecular weight is 263 g/mol. The Hall–Kier alpha value is -2.42. The molecule has 3 aromatic rings. The summed E-state index contributed by atoms with van der Waals surface area (Å²) in [6, 6.07) is 10.6. The summed E-state index contributed by atoms with van der Waals surface area (Å²) in [6.45, 7) is 6.28. The van der Waals surface area contributed by atoms with Crippen LogP contribution in [0.2, 0.25) is 0 Å². The topological polar surface area (TPSA) is 41.6 Å². The van der Waals surface area contributed by atoms with Crippen LogP contribution in [-0.4, -0.2) is 15.2 Å². The fourth-order valence-corrected chi connectivity index (χ4v) is 2.62. The second kappa shape index (κ2) is 4.93. The number of aryl methyl sites for hydroxylation is 3. The van der Waals surface area contributed by atoms with Gasteiger partial charge in [0.1, 0.15) is 5.69 Å². The van der Waals surface area contributed by atoms with E-state index >= 15 is 0 Å². The van der Waals surface area contributed by atoms with Crippen LogP contribution in [0.25, 0.3) is 22.4 Å². The summed E-state index contributed by atoms with van der Waals surface area (Å²) in [5, 5.41) is 7.60. The maximum absolute atomic E-state index is 4.50. The lowest BCUT2D eigenvalue weighted by Crippen LogP contribution is -1.87. The first kappa shape index (κ1) is 12.6. The first-order chi connectivity index (χ1) is 9.65. The summed E-state index contributed by atoms with van der Waals surface area (Å²) in [5.41, 5.74) is 8.02. The Morgan fingerprint density at radius 1 is 0.850 bits per heavy atom. The Labute approximate surface area is 118 Å². The van der Waals surface area contributed by atoms with Gasteiger partial charge in [-0.25, -0.2) is 0 Å². The van der Waals surface area contributed by atoms with Crippen LogP contribution in [-0.2, 0) is 0 Å². The van der Waals surface area contributed by atoms with Crippen LogP contribution in [0, 0.1) is 20.8 Å². The molecule has 3 rings (SSSR count). The zero-order valence-corrected chi connectivity index (χ0v) is 11.9. The first-order valence-corrected chi connectivity index (χ1v) is 6.69. The lowest BCUT2D eigenvalue weighted by Gasteiger charge is -2.06. The Balaban J connectivity index is 2.21. The average Bonchev–Trinajstić information content (AvgIpc) is 2.80. The molecule has 100 valence electrons. The third-order valence-corrected chi connectivity index (χ3v) is 3.41. The van der Waals surface area contributed by atoms with Crippen molar-refractivity contribution in [2.75, 3.05) is 0 Å². The largest absolute Gasteiger partial charge is 0.282 e. The molecule has 0 spiro atoms. The molecule has 0 fully saturated rings. The smallest absolute Gasteiger partial charge is 0.100 e. The van der Waals surface area contributed by atoms with Crippen molar-refractivity contribution in [1.82, 2.24) is 15.2 Å². The summed E-state index contributed by atoms with van der Waals surface area (Å²) in [5.74, 6) is 0. The first-order valence-electron chi connectivity index (χ1n) is 6.69. The lowest BCUT2D eigenvalue weighted by molar-refractivity contribution is 1.05. The number of nitrogens with one attached hydrogen (secondary N) is 1. The van der Waals surface area contributed by atoms with Crippen LogP contribution < -0.4 is 0 Å². The Morgan fingerprint density at radius 2 is 1.50 bits per heavy atom. The van der Waals surface area contributed by atoms with Gasteiger partial charge in [-0.3, -0.25) is 10.1 Å². The van der Waals surface area contributed by atoms with Gasteiger partial charge in [0.05, 0.1) is 0 Å². The van der Waals surface area contributed by atoms with Crippen LogP contribution >= 0.6 is 0 Å². The van der Waals surface area contributed by atoms with E-state index in [-0.39, 0.29) is 0 Å². The van der Waals surface area contributed by atoms with E-state index in [1.54, 1.807) is 0 Å². The number of nitrogens with zero attached hydrogens (tertiary/aromatic N) is 2. The van der Waals surface area contributed by atoms with E-state index in [9.17, 15) is 0 Å². The highest BCUT2D eigenvalue weighted by atomic mass is 15.1. The molecule has 0 saturated carbocycles. The zero-order valence-electron chi connectivity index (χ0n) is 11.9. The summed E-state index contributed by atoms with van der Waals surface area (Å²) in [7, 11) is 0. The van der Waals surface area contributed by atoms with Crippen LogP contribution in [0.3, 0.4) is 0 Å². The van der Waals surface area contributed by atoms with Crippen molar-refractivity contribution in [2.24, 2.45) is 0 Å². The van der Waals surface area contributed by atoms with Crippen LogP contribution in [0.1, 0.15) is 16.8 Å². The molecule has 0 radical (unpaired) electrons. The molecule has 3 nitrogen and oxygen atoms in total. The second-order valence-corrected chi connectivity index (χ2v) is 5.18. The zero-order chi connectivity index (χ0) is 14.1. The van der Waals surface area contributed by atoms with Gasteiger partial charge in [0.2, 0.25) is 0 Å². The summed E-state index contributed by atoms with van der Waals surface area (Å²) >= 11 is 0. The third-order valence-electron chi connectivity index (χ3n) is 3.41. The molecule has 0 amide bonds. The molecule has 0 atom stereocenters. The minimum atomic E-state index is 1.00. The van der Waals surface area contributed by atoms with Gasteiger partial charge < -0.3 is 0 Å². The van der Waals surface area contributed by atoms with Crippen molar-refractivity contribution in [2.45, 2.75) is 20.8 Å². The minimum absolute atomic E-state index is 1.00. The fraction of sp³-hybridized carbons (Fsp3) is 0.176. The third kappa shape index (κ3) is 2.23. The Morgan fingerprint density at radius 3 is 2.15 bits per heavy atom. The highest BCUT2D eigenvalue weighted by Gasteiger charge is 2.14. The van der Waals surface area contributed by atoms with Gasteiger partial charge in [0, 0.05) is 29.2 Å². The molecule has 0 saturated heterocycles. The number of H-pyrrole nitrogens is 1. The normalized spacial score (nSPS) is 10.8. The van der Waals surface area contributed by atoms with Crippen molar-refractivity contribution >= 4 is 0 Å². The Kier molecular flexibility index (Phi) is 3.11. The van der Waals surface area contributed by atoms with E-state index in [4.69, 9.17) is 0 Å². The minimum Gasteiger partial charge on any atom is -0.282 e. The van der Waals surface area contributed by atoms with Crippen LogP contribution in [0.5, 0.6) is 0 Å². The number of hydrogen-bond donors (Lipinski definition) is 1. The standard InChI is InChI=1S/C17H17N3/c1-11-8-12(2)10-15(9-11)17-16(13(3)19-20-17)14-4-6-18-7-5-14/h4-10H,1-3H3,(H,19,20). The van der Waals surface area contributed by atoms with E-state index < -0.39 is 0 Å². The number of aromatic amines is 1. The van der Waals surface area contributed by atoms with Gasteiger partial charge in [-0.15, -0.1) is 0 Å². The van der Waals surface area contributed by atoms with E-state index in [0.29, 0.717) is 0 Å². The molecule has 1 aromatic carbocycles. The maximum Gasteiger partial charge on any atom is 0.100 e. The second-order valence-electron chi connectivity index (χ2n) is 5.18. The van der Waals surface area contributed by atoms with Crippen LogP contribution in [0.15, 0.2) is 42.7 Å². The highest BCUT2D eigenvalue weighted by Crippen LogP contribution is 2.33. The number of hydrogen-bond acceptors (Lipinski definition) is 2. The molecule has 2 aromatic heterocycles. The van der Waals surface area contributed by atoms with E-state index in [0.717, 1.165) is 28.1 Å².